The lowest BCUT2D eigenvalue weighted by Crippen LogP contribution is -2.25. The van der Waals surface area contributed by atoms with E-state index in [4.69, 9.17) is 9.98 Å². The van der Waals surface area contributed by atoms with Crippen LogP contribution in [-0.2, 0) is 10.8 Å². The van der Waals surface area contributed by atoms with Gasteiger partial charge < -0.3 is 0 Å². The molecule has 0 radical (unpaired) electrons. The maximum atomic E-state index is 5.39. The minimum absolute atomic E-state index is 0.176. The first kappa shape index (κ1) is 24.5. The summed E-state index contributed by atoms with van der Waals surface area (Å²) in [5.74, 6) is 0. The molecule has 5 aromatic rings. The van der Waals surface area contributed by atoms with Crippen LogP contribution in [0.15, 0.2) is 89.0 Å². The van der Waals surface area contributed by atoms with Crippen molar-refractivity contribution in [1.29, 1.82) is 0 Å². The average molecular weight is 522 g/mol. The number of fused-ring (bicyclic) bond motifs is 6. The Hall–Kier alpha value is -4.51. The molecular formula is C35H31N5. The maximum absolute atomic E-state index is 5.39. The Balaban J connectivity index is 1.76. The Morgan fingerprint density at radius 2 is 1.20 bits per heavy atom. The van der Waals surface area contributed by atoms with E-state index in [0.29, 0.717) is 0 Å². The lowest BCUT2D eigenvalue weighted by molar-refractivity contribution is 0.533. The van der Waals surface area contributed by atoms with Crippen molar-refractivity contribution in [2.45, 2.75) is 52.4 Å². The molecule has 3 heterocycles. The Morgan fingerprint density at radius 1 is 0.525 bits per heavy atom. The number of benzene rings is 4. The molecule has 0 N–H and O–H groups in total. The summed E-state index contributed by atoms with van der Waals surface area (Å²) in [6, 6.07) is 25.3. The number of hydrogen-bond acceptors (Lipinski definition) is 5. The van der Waals surface area contributed by atoms with Crippen LogP contribution in [-0.4, -0.2) is 15.4 Å². The number of rotatable bonds is 2. The zero-order valence-electron chi connectivity index (χ0n) is 23.7. The lowest BCUT2D eigenvalue weighted by atomic mass is 9.68. The summed E-state index contributed by atoms with van der Waals surface area (Å²) < 4.78 is 0. The molecule has 0 bridgehead atoms. The van der Waals surface area contributed by atoms with E-state index in [0.717, 1.165) is 60.5 Å². The molecular weight excluding hydrogens is 490 g/mol. The molecule has 7 rings (SSSR count). The number of nitrogens with zero attached hydrogens (tertiary/aromatic N) is 5. The molecule has 2 aliphatic heterocycles. The molecule has 0 aliphatic carbocycles. The normalized spacial score (nSPS) is 13.2. The van der Waals surface area contributed by atoms with Gasteiger partial charge in [0.05, 0.1) is 34.0 Å². The molecule has 1 aromatic heterocycles. The monoisotopic (exact) mass is 521 g/mol. The van der Waals surface area contributed by atoms with Crippen LogP contribution >= 0.6 is 0 Å². The van der Waals surface area contributed by atoms with Gasteiger partial charge in [0.25, 0.3) is 0 Å². The van der Waals surface area contributed by atoms with E-state index in [1.54, 1.807) is 6.20 Å². The first-order valence-electron chi connectivity index (χ1n) is 13.8. The first-order chi connectivity index (χ1) is 19.1. The van der Waals surface area contributed by atoms with E-state index in [1.165, 1.54) is 16.7 Å². The van der Waals surface area contributed by atoms with Gasteiger partial charge in [0.15, 0.2) is 0 Å². The molecule has 196 valence electrons. The van der Waals surface area contributed by atoms with Crippen LogP contribution < -0.4 is 10.7 Å². The van der Waals surface area contributed by atoms with Crippen LogP contribution in [0.2, 0.25) is 0 Å². The summed E-state index contributed by atoms with van der Waals surface area (Å²) in [6.07, 6.45) is 1.73. The van der Waals surface area contributed by atoms with Crippen LogP contribution in [0, 0.1) is 10.4 Å². The highest BCUT2D eigenvalue weighted by atomic mass is 15.3. The molecule has 40 heavy (non-hydrogen) atoms. The van der Waals surface area contributed by atoms with Gasteiger partial charge >= 0.3 is 0 Å². The van der Waals surface area contributed by atoms with Crippen LogP contribution in [0.1, 0.15) is 52.7 Å². The smallest absolute Gasteiger partial charge is 0.0973 e. The van der Waals surface area contributed by atoms with E-state index in [1.807, 2.05) is 12.1 Å². The molecule has 4 aromatic carbocycles. The fourth-order valence-corrected chi connectivity index (χ4v) is 6.40. The second kappa shape index (κ2) is 8.49. The fourth-order valence-electron chi connectivity index (χ4n) is 6.40. The SMILES string of the molecule is CC(C)(C)c1c(-c2ccccc2)c2c(c(-c3ccnnn3)c1C(C)(C)C)-c1c3c(ccc1=N2)=c1ccccc1=N3. The molecule has 0 atom stereocenters. The summed E-state index contributed by atoms with van der Waals surface area (Å²) >= 11 is 0. The molecule has 0 saturated carbocycles. The molecule has 0 unspecified atom stereocenters. The topological polar surface area (TPSA) is 63.4 Å². The number of aromatic nitrogens is 3. The van der Waals surface area contributed by atoms with Gasteiger partial charge in [-0.2, -0.15) is 0 Å². The standard InChI is InChI=1S/C35H31N5/c1-34(2,3)30-26(20-12-8-7-9-13-20)33-29(27(31(30)35(4,5)6)25-18-19-36-40-39-25)28-24(38-33)17-16-22-21-14-10-11-15-23(21)37-32(22)28/h7-19H,1-6H3. The van der Waals surface area contributed by atoms with Crippen LogP contribution in [0.4, 0.5) is 11.4 Å². The minimum atomic E-state index is -0.206. The van der Waals surface area contributed by atoms with E-state index in [2.05, 4.69) is 118 Å². The molecule has 2 aliphatic rings. The highest BCUT2D eigenvalue weighted by molar-refractivity contribution is 6.05. The van der Waals surface area contributed by atoms with Crippen molar-refractivity contribution in [3.8, 4) is 33.5 Å². The summed E-state index contributed by atoms with van der Waals surface area (Å²) in [4.78, 5) is 10.6. The third-order valence-electron chi connectivity index (χ3n) is 7.86. The van der Waals surface area contributed by atoms with Gasteiger partial charge in [0.2, 0.25) is 0 Å². The van der Waals surface area contributed by atoms with Crippen LogP contribution in [0.25, 0.3) is 33.5 Å². The highest BCUT2D eigenvalue weighted by Crippen LogP contribution is 2.57. The minimum Gasteiger partial charge on any atom is -0.247 e. The maximum Gasteiger partial charge on any atom is 0.0973 e. The van der Waals surface area contributed by atoms with Crippen molar-refractivity contribution < 1.29 is 0 Å². The van der Waals surface area contributed by atoms with Crippen molar-refractivity contribution in [2.24, 2.45) is 9.98 Å². The molecule has 0 spiro atoms. The largest absolute Gasteiger partial charge is 0.247 e. The summed E-state index contributed by atoms with van der Waals surface area (Å²) in [5, 5.41) is 16.9. The summed E-state index contributed by atoms with van der Waals surface area (Å²) in [5.41, 5.74) is 10.5. The van der Waals surface area contributed by atoms with Gasteiger partial charge in [0, 0.05) is 32.7 Å². The predicted octanol–water partition coefficient (Wildman–Crippen LogP) is 7.28. The molecule has 5 heteroatoms. The van der Waals surface area contributed by atoms with Gasteiger partial charge in [0.1, 0.15) is 0 Å². The van der Waals surface area contributed by atoms with Crippen LogP contribution in [0.3, 0.4) is 0 Å². The third kappa shape index (κ3) is 3.57. The predicted molar refractivity (Wildman–Crippen MR) is 159 cm³/mol. The van der Waals surface area contributed by atoms with Crippen molar-refractivity contribution in [2.75, 3.05) is 0 Å². The number of hydrogen-bond donors (Lipinski definition) is 0. The van der Waals surface area contributed by atoms with Crippen LogP contribution in [0.5, 0.6) is 0 Å². The molecule has 5 nitrogen and oxygen atoms in total. The number of para-hydroxylation sites is 1. The molecule has 0 saturated heterocycles. The average Bonchev–Trinajstić information content (AvgIpc) is 3.50. The van der Waals surface area contributed by atoms with E-state index in [9.17, 15) is 0 Å². The van der Waals surface area contributed by atoms with Crippen molar-refractivity contribution in [1.82, 2.24) is 15.4 Å². The fraction of sp³-hybridized carbons (Fsp3) is 0.229. The molecule has 0 amide bonds. The Morgan fingerprint density at radius 3 is 1.90 bits per heavy atom. The van der Waals surface area contributed by atoms with Crippen molar-refractivity contribution in [3.05, 3.63) is 111 Å². The van der Waals surface area contributed by atoms with Crippen molar-refractivity contribution in [3.63, 3.8) is 0 Å². The van der Waals surface area contributed by atoms with E-state index in [-0.39, 0.29) is 10.8 Å². The second-order valence-corrected chi connectivity index (χ2v) is 12.7. The zero-order valence-corrected chi connectivity index (χ0v) is 23.7. The molecule has 0 fully saturated rings. The third-order valence-corrected chi connectivity index (χ3v) is 7.86. The summed E-state index contributed by atoms with van der Waals surface area (Å²) in [6.45, 7) is 13.8. The zero-order chi connectivity index (χ0) is 27.8. The lowest BCUT2D eigenvalue weighted by Gasteiger charge is -2.36. The quantitative estimate of drug-likeness (QED) is 0.240. The summed E-state index contributed by atoms with van der Waals surface area (Å²) in [7, 11) is 0. The second-order valence-electron chi connectivity index (χ2n) is 12.7. The Labute approximate surface area is 233 Å². The Kier molecular flexibility index (Phi) is 5.21. The van der Waals surface area contributed by atoms with Gasteiger partial charge in [-0.15, -0.1) is 10.2 Å². The highest BCUT2D eigenvalue weighted by Gasteiger charge is 2.38. The van der Waals surface area contributed by atoms with Gasteiger partial charge in [-0.25, -0.2) is 9.98 Å². The Bertz CT molecular complexity index is 2050. The first-order valence-corrected chi connectivity index (χ1v) is 13.8. The van der Waals surface area contributed by atoms with E-state index < -0.39 is 0 Å². The van der Waals surface area contributed by atoms with Crippen molar-refractivity contribution >= 4 is 11.4 Å². The van der Waals surface area contributed by atoms with E-state index >= 15 is 0 Å². The van der Waals surface area contributed by atoms with Gasteiger partial charge in [-0.05, 0) is 57.0 Å². The van der Waals surface area contributed by atoms with Gasteiger partial charge in [-0.3, -0.25) is 0 Å². The van der Waals surface area contributed by atoms with Gasteiger partial charge in [-0.1, -0.05) is 90.1 Å².